The first-order valence-corrected chi connectivity index (χ1v) is 17.9. The Labute approximate surface area is 279 Å². The van der Waals surface area contributed by atoms with Gasteiger partial charge in [0.15, 0.2) is 0 Å². The van der Waals surface area contributed by atoms with Crippen molar-refractivity contribution in [2.24, 2.45) is 0 Å². The number of carbonyl (C=O) groups excluding carboxylic acids is 2. The molecule has 0 unspecified atom stereocenters. The molecule has 4 aliphatic heterocycles. The number of carbonyl (C=O) groups is 2. The highest BCUT2D eigenvalue weighted by atomic mass is 35.5. The topological polar surface area (TPSA) is 94.4 Å². The molecule has 0 aliphatic carbocycles. The number of ether oxygens (including phenoxy) is 1. The molecule has 3 amide bonds. The molecule has 250 valence electrons. The summed E-state index contributed by atoms with van der Waals surface area (Å²) >= 11 is 6.52. The predicted octanol–water partition coefficient (Wildman–Crippen LogP) is 5.40. The third kappa shape index (κ3) is 7.81. The van der Waals surface area contributed by atoms with E-state index >= 15 is 0 Å². The van der Waals surface area contributed by atoms with Crippen LogP contribution < -0.4 is 11.1 Å². The van der Waals surface area contributed by atoms with Crippen LogP contribution in [0.1, 0.15) is 68.6 Å². The quantitative estimate of drug-likeness (QED) is 0.353. The Morgan fingerprint density at radius 1 is 0.978 bits per heavy atom. The summed E-state index contributed by atoms with van der Waals surface area (Å²) in [6.45, 7) is 8.73. The number of benzene rings is 2. The average Bonchev–Trinajstić information content (AvgIpc) is 3.26. The molecule has 3 N–H and O–H groups in total. The minimum Gasteiger partial charge on any atom is -0.397 e. The van der Waals surface area contributed by atoms with Gasteiger partial charge in [-0.2, -0.15) is 0 Å². The highest BCUT2D eigenvalue weighted by Crippen LogP contribution is 2.28. The number of anilines is 2. The van der Waals surface area contributed by atoms with Crippen LogP contribution in [0.3, 0.4) is 0 Å². The SMILES string of the molecule is CCc1cc(C[C@@H](OCN2CCC(N3CCc4ccccc4NC3=O)CC2)C(=O)N2CCC(N3CCCCC3)CC2)cc(Cl)c1N. The fourth-order valence-electron chi connectivity index (χ4n) is 7.81. The minimum absolute atomic E-state index is 0.0111. The molecule has 0 radical (unpaired) electrons. The van der Waals surface area contributed by atoms with Gasteiger partial charge in [0, 0.05) is 56.9 Å². The number of hydrogen-bond donors (Lipinski definition) is 2. The maximum atomic E-state index is 14.0. The number of halogens is 1. The highest BCUT2D eigenvalue weighted by molar-refractivity contribution is 6.33. The molecule has 2 aromatic rings. The summed E-state index contributed by atoms with van der Waals surface area (Å²) in [5.74, 6) is 0.0683. The lowest BCUT2D eigenvalue weighted by Crippen LogP contribution is -2.52. The molecule has 6 rings (SSSR count). The van der Waals surface area contributed by atoms with E-state index in [-0.39, 0.29) is 18.0 Å². The van der Waals surface area contributed by atoms with Crippen molar-refractivity contribution in [1.82, 2.24) is 19.6 Å². The summed E-state index contributed by atoms with van der Waals surface area (Å²) in [5.41, 5.74) is 10.9. The van der Waals surface area contributed by atoms with E-state index in [9.17, 15) is 9.59 Å². The van der Waals surface area contributed by atoms with Crippen LogP contribution in [-0.2, 0) is 28.8 Å². The van der Waals surface area contributed by atoms with Gasteiger partial charge in [0.1, 0.15) is 12.8 Å². The first-order chi connectivity index (χ1) is 22.4. The third-order valence-electron chi connectivity index (χ3n) is 10.6. The molecule has 10 heteroatoms. The summed E-state index contributed by atoms with van der Waals surface area (Å²) in [5, 5.41) is 3.64. The van der Waals surface area contributed by atoms with Gasteiger partial charge in [0.25, 0.3) is 5.91 Å². The van der Waals surface area contributed by atoms with Crippen molar-refractivity contribution in [2.75, 3.05) is 63.6 Å². The average molecular weight is 651 g/mol. The van der Waals surface area contributed by atoms with E-state index in [4.69, 9.17) is 22.1 Å². The van der Waals surface area contributed by atoms with Gasteiger partial charge in [-0.15, -0.1) is 0 Å². The Morgan fingerprint density at radius 3 is 2.43 bits per heavy atom. The summed E-state index contributed by atoms with van der Waals surface area (Å²) in [6.07, 6.45) is 9.21. The number of amides is 3. The standard InChI is InChI=1S/C36H51ClN6O3/c1-2-27-22-26(23-31(37)34(27)38)24-33(35(44)42-19-13-29(14-20-42)41-15-6-3-7-16-41)46-25-40-17-11-30(12-18-40)43-21-10-28-8-4-5-9-32(28)39-36(43)45/h4-5,8-9,22-23,29-30,33H,2-3,6-7,10-21,24-25,38H2,1H3,(H,39,45)/t33-/m1/s1. The second-order valence-corrected chi connectivity index (χ2v) is 13.9. The molecule has 3 fully saturated rings. The fraction of sp³-hybridized carbons (Fsp3) is 0.611. The Hall–Kier alpha value is -2.85. The van der Waals surface area contributed by atoms with Gasteiger partial charge in [-0.05, 0) is 93.3 Å². The summed E-state index contributed by atoms with van der Waals surface area (Å²) in [7, 11) is 0. The summed E-state index contributed by atoms with van der Waals surface area (Å²) < 4.78 is 6.51. The van der Waals surface area contributed by atoms with Gasteiger partial charge in [0.2, 0.25) is 0 Å². The van der Waals surface area contributed by atoms with Crippen molar-refractivity contribution in [3.05, 3.63) is 58.1 Å². The van der Waals surface area contributed by atoms with E-state index in [1.54, 1.807) is 0 Å². The molecule has 4 heterocycles. The minimum atomic E-state index is -0.594. The first kappa shape index (κ1) is 33.1. The molecular formula is C36H51ClN6O3. The molecule has 4 aliphatic rings. The van der Waals surface area contributed by atoms with Crippen molar-refractivity contribution >= 4 is 34.9 Å². The monoisotopic (exact) mass is 650 g/mol. The normalized spacial score (nSPS) is 21.5. The lowest BCUT2D eigenvalue weighted by Gasteiger charge is -2.41. The zero-order valence-electron chi connectivity index (χ0n) is 27.4. The molecule has 46 heavy (non-hydrogen) atoms. The van der Waals surface area contributed by atoms with E-state index < -0.39 is 6.10 Å². The van der Waals surface area contributed by atoms with Gasteiger partial charge in [0.05, 0.1) is 10.7 Å². The summed E-state index contributed by atoms with van der Waals surface area (Å²) in [4.78, 5) is 36.1. The van der Waals surface area contributed by atoms with Crippen LogP contribution in [0, 0.1) is 0 Å². The number of nitrogens with one attached hydrogen (secondary N) is 1. The smallest absolute Gasteiger partial charge is 0.322 e. The van der Waals surface area contributed by atoms with Gasteiger partial charge < -0.3 is 30.5 Å². The molecule has 0 saturated carbocycles. The number of aryl methyl sites for hydroxylation is 1. The van der Waals surface area contributed by atoms with Crippen LogP contribution in [-0.4, -0.2) is 102 Å². The van der Waals surface area contributed by atoms with Crippen LogP contribution >= 0.6 is 11.6 Å². The fourth-order valence-corrected chi connectivity index (χ4v) is 8.07. The van der Waals surface area contributed by atoms with Crippen LogP contribution in [0.5, 0.6) is 0 Å². The second kappa shape index (κ2) is 15.4. The summed E-state index contributed by atoms with van der Waals surface area (Å²) in [6, 6.07) is 12.8. The molecule has 0 aromatic heterocycles. The molecule has 1 atom stereocenters. The number of hydrogen-bond acceptors (Lipinski definition) is 6. The molecule has 2 aromatic carbocycles. The van der Waals surface area contributed by atoms with Crippen LogP contribution in [0.15, 0.2) is 36.4 Å². The number of para-hydroxylation sites is 1. The Morgan fingerprint density at radius 2 is 1.70 bits per heavy atom. The van der Waals surface area contributed by atoms with Crippen LogP contribution in [0.25, 0.3) is 0 Å². The van der Waals surface area contributed by atoms with Crippen LogP contribution in [0.2, 0.25) is 5.02 Å². The molecule has 0 spiro atoms. The number of piperidine rings is 3. The number of nitrogen functional groups attached to an aromatic ring is 1. The number of nitrogens with zero attached hydrogens (tertiary/aromatic N) is 4. The molecule has 9 nitrogen and oxygen atoms in total. The second-order valence-electron chi connectivity index (χ2n) is 13.5. The van der Waals surface area contributed by atoms with Crippen molar-refractivity contribution in [3.63, 3.8) is 0 Å². The Kier molecular flexibility index (Phi) is 11.0. The van der Waals surface area contributed by atoms with Crippen LogP contribution in [0.4, 0.5) is 16.2 Å². The highest BCUT2D eigenvalue weighted by Gasteiger charge is 2.34. The van der Waals surface area contributed by atoms with E-state index in [1.807, 2.05) is 34.1 Å². The molecule has 0 bridgehead atoms. The number of rotatable bonds is 9. The lowest BCUT2D eigenvalue weighted by molar-refractivity contribution is -0.149. The first-order valence-electron chi connectivity index (χ1n) is 17.5. The van der Waals surface area contributed by atoms with Crippen molar-refractivity contribution in [2.45, 2.75) is 89.3 Å². The number of fused-ring (bicyclic) bond motifs is 1. The number of nitrogens with two attached hydrogens (primary N) is 1. The number of urea groups is 1. The zero-order valence-corrected chi connectivity index (χ0v) is 28.1. The molecular weight excluding hydrogens is 600 g/mol. The van der Waals surface area contributed by atoms with E-state index in [0.29, 0.717) is 29.9 Å². The maximum absolute atomic E-state index is 14.0. The van der Waals surface area contributed by atoms with Gasteiger partial charge in [-0.3, -0.25) is 9.69 Å². The van der Waals surface area contributed by atoms with E-state index in [1.165, 1.54) is 37.9 Å². The lowest BCUT2D eigenvalue weighted by atomic mass is 9.98. The predicted molar refractivity (Wildman–Crippen MR) is 184 cm³/mol. The number of likely N-dealkylation sites (tertiary alicyclic amines) is 3. The van der Waals surface area contributed by atoms with Crippen molar-refractivity contribution in [1.29, 1.82) is 0 Å². The van der Waals surface area contributed by atoms with E-state index in [0.717, 1.165) is 88.1 Å². The van der Waals surface area contributed by atoms with Gasteiger partial charge in [-0.1, -0.05) is 49.2 Å². The maximum Gasteiger partial charge on any atom is 0.322 e. The molecule has 3 saturated heterocycles. The Bertz CT molecular complexity index is 1350. The van der Waals surface area contributed by atoms with Gasteiger partial charge >= 0.3 is 6.03 Å². The van der Waals surface area contributed by atoms with E-state index in [2.05, 4.69) is 34.2 Å². The zero-order chi connectivity index (χ0) is 32.0. The Balaban J connectivity index is 1.07. The van der Waals surface area contributed by atoms with Crippen molar-refractivity contribution < 1.29 is 14.3 Å². The van der Waals surface area contributed by atoms with Crippen molar-refractivity contribution in [3.8, 4) is 0 Å². The third-order valence-corrected chi connectivity index (χ3v) is 10.9. The largest absolute Gasteiger partial charge is 0.397 e. The van der Waals surface area contributed by atoms with Gasteiger partial charge in [-0.25, -0.2) is 4.79 Å².